The summed E-state index contributed by atoms with van der Waals surface area (Å²) in [6, 6.07) is 9.60. The van der Waals surface area contributed by atoms with Crippen LogP contribution in [0.4, 0.5) is 5.69 Å². The van der Waals surface area contributed by atoms with Gasteiger partial charge in [0.05, 0.1) is 11.5 Å². The van der Waals surface area contributed by atoms with Crippen molar-refractivity contribution in [2.24, 2.45) is 17.8 Å². The number of carbonyl (C=O) groups excluding carboxylic acids is 1. The highest BCUT2D eigenvalue weighted by Crippen LogP contribution is 2.69. The van der Waals surface area contributed by atoms with Gasteiger partial charge in [0, 0.05) is 43.6 Å². The Bertz CT molecular complexity index is 828. The van der Waals surface area contributed by atoms with Crippen molar-refractivity contribution in [2.45, 2.75) is 69.0 Å². The van der Waals surface area contributed by atoms with Crippen LogP contribution in [0.5, 0.6) is 0 Å². The summed E-state index contributed by atoms with van der Waals surface area (Å²) in [4.78, 5) is 17.0. The van der Waals surface area contributed by atoms with Gasteiger partial charge in [-0.2, -0.15) is 0 Å². The molecule has 1 N–H and O–H groups in total. The monoisotopic (exact) mass is 368 g/mol. The SMILES string of the molecule is CC[C@@H]1[C@@H](O)N2[C@H]3C[C@@]45c6ccccc6N(C)[C@H]4[C@@H]2C[C@H]1C3[C@@H]5OC(C)=O. The Morgan fingerprint density at radius 3 is 2.85 bits per heavy atom. The van der Waals surface area contributed by atoms with Gasteiger partial charge in [0.1, 0.15) is 12.3 Å². The number of hydrogen-bond acceptors (Lipinski definition) is 5. The zero-order valence-electron chi connectivity index (χ0n) is 16.2. The molecule has 5 bridgehead atoms. The number of nitrogens with zero attached hydrogens (tertiary/aromatic N) is 2. The summed E-state index contributed by atoms with van der Waals surface area (Å²) in [5.41, 5.74) is 2.49. The Kier molecular flexibility index (Phi) is 3.07. The van der Waals surface area contributed by atoms with Crippen molar-refractivity contribution >= 4 is 11.7 Å². The number of aliphatic hydroxyl groups excluding tert-OH is 1. The molecule has 0 amide bonds. The van der Waals surface area contributed by atoms with Gasteiger partial charge in [-0.1, -0.05) is 25.1 Å². The summed E-state index contributed by atoms with van der Waals surface area (Å²) in [6.07, 6.45) is 2.64. The molecule has 0 radical (unpaired) electrons. The Morgan fingerprint density at radius 1 is 1.33 bits per heavy atom. The quantitative estimate of drug-likeness (QED) is 0.811. The van der Waals surface area contributed by atoms with Crippen LogP contribution in [0.25, 0.3) is 0 Å². The number of piperidine rings is 4. The molecule has 0 aromatic heterocycles. The minimum atomic E-state index is -0.355. The molecular weight excluding hydrogens is 340 g/mol. The molecule has 6 aliphatic rings. The molecule has 1 aromatic rings. The summed E-state index contributed by atoms with van der Waals surface area (Å²) < 4.78 is 6.17. The summed E-state index contributed by atoms with van der Waals surface area (Å²) in [5.74, 6) is 0.897. The number of aliphatic hydroxyl groups is 1. The first-order valence-electron chi connectivity index (χ1n) is 10.5. The van der Waals surface area contributed by atoms with Crippen molar-refractivity contribution in [3.05, 3.63) is 29.8 Å². The second kappa shape index (κ2) is 5.06. The van der Waals surface area contributed by atoms with Crippen molar-refractivity contribution in [3.63, 3.8) is 0 Å². The molecule has 2 unspecified atom stereocenters. The molecule has 1 spiro atoms. The highest BCUT2D eigenvalue weighted by molar-refractivity contribution is 5.70. The summed E-state index contributed by atoms with van der Waals surface area (Å²) in [5, 5.41) is 11.2. The van der Waals surface area contributed by atoms with E-state index in [1.54, 1.807) is 6.92 Å². The molecule has 7 rings (SSSR count). The van der Waals surface area contributed by atoms with E-state index in [1.807, 2.05) is 0 Å². The van der Waals surface area contributed by atoms with Crippen molar-refractivity contribution in [3.8, 4) is 0 Å². The molecule has 144 valence electrons. The van der Waals surface area contributed by atoms with E-state index < -0.39 is 0 Å². The Balaban J connectivity index is 1.60. The average Bonchev–Trinajstić information content (AvgIpc) is 3.04. The van der Waals surface area contributed by atoms with Gasteiger partial charge in [-0.15, -0.1) is 0 Å². The van der Waals surface area contributed by atoms with Crippen LogP contribution < -0.4 is 4.90 Å². The van der Waals surface area contributed by atoms with E-state index in [1.165, 1.54) is 11.3 Å². The summed E-state index contributed by atoms with van der Waals surface area (Å²) in [6.45, 7) is 3.74. The third-order valence-corrected chi connectivity index (χ3v) is 8.72. The van der Waals surface area contributed by atoms with Crippen LogP contribution in [-0.4, -0.2) is 53.5 Å². The lowest BCUT2D eigenvalue weighted by Crippen LogP contribution is -2.72. The highest BCUT2D eigenvalue weighted by atomic mass is 16.5. The van der Waals surface area contributed by atoms with Gasteiger partial charge in [0.25, 0.3) is 0 Å². The second-order valence-corrected chi connectivity index (χ2v) is 9.39. The molecule has 10 atom stereocenters. The van der Waals surface area contributed by atoms with Gasteiger partial charge >= 0.3 is 5.97 Å². The second-order valence-electron chi connectivity index (χ2n) is 9.39. The van der Waals surface area contributed by atoms with Crippen LogP contribution in [0.2, 0.25) is 0 Å². The van der Waals surface area contributed by atoms with Gasteiger partial charge in [-0.05, 0) is 36.8 Å². The first-order chi connectivity index (χ1) is 13.0. The number of para-hydroxylation sites is 1. The zero-order valence-corrected chi connectivity index (χ0v) is 16.2. The van der Waals surface area contributed by atoms with Gasteiger partial charge in [-0.3, -0.25) is 9.69 Å². The third kappa shape index (κ3) is 1.64. The molecule has 5 aliphatic heterocycles. The molecule has 1 aromatic carbocycles. The lowest BCUT2D eigenvalue weighted by atomic mass is 9.62. The van der Waals surface area contributed by atoms with E-state index in [2.05, 4.69) is 48.0 Å². The zero-order chi connectivity index (χ0) is 18.7. The smallest absolute Gasteiger partial charge is 0.302 e. The van der Waals surface area contributed by atoms with Crippen molar-refractivity contribution in [1.82, 2.24) is 4.90 Å². The Hall–Kier alpha value is -1.59. The van der Waals surface area contributed by atoms with Crippen LogP contribution in [0, 0.1) is 17.8 Å². The Labute approximate surface area is 160 Å². The van der Waals surface area contributed by atoms with E-state index in [9.17, 15) is 9.90 Å². The molecule has 1 aliphatic carbocycles. The molecule has 5 fully saturated rings. The predicted octanol–water partition coefficient (Wildman–Crippen LogP) is 2.13. The fraction of sp³-hybridized carbons (Fsp3) is 0.682. The molecule has 4 saturated heterocycles. The standard InChI is InChI=1S/C22H28N2O3/c1-4-12-13-9-16-19-22(14-7-5-6-8-15(14)23(19)3)10-17(24(16)21(12)26)18(13)20(22)27-11(2)25/h5-8,12-13,16-21,26H,4,9-10H2,1-3H3/t12-,13+,16-,17-,18?,19-,20-,21+,22+/m0/s1. The maximum atomic E-state index is 12.2. The number of anilines is 1. The first kappa shape index (κ1) is 16.4. The molecule has 5 heteroatoms. The van der Waals surface area contributed by atoms with Crippen molar-refractivity contribution < 1.29 is 14.6 Å². The molecule has 5 heterocycles. The largest absolute Gasteiger partial charge is 0.461 e. The fourth-order valence-electron chi connectivity index (χ4n) is 8.21. The van der Waals surface area contributed by atoms with Gasteiger partial charge in [-0.25, -0.2) is 0 Å². The van der Waals surface area contributed by atoms with Crippen LogP contribution in [0.3, 0.4) is 0 Å². The van der Waals surface area contributed by atoms with Crippen molar-refractivity contribution in [2.75, 3.05) is 11.9 Å². The fourth-order valence-corrected chi connectivity index (χ4v) is 8.21. The van der Waals surface area contributed by atoms with Crippen LogP contribution in [-0.2, 0) is 14.9 Å². The van der Waals surface area contributed by atoms with Crippen molar-refractivity contribution in [1.29, 1.82) is 0 Å². The van der Waals surface area contributed by atoms with Gasteiger partial charge in [0.2, 0.25) is 0 Å². The van der Waals surface area contributed by atoms with E-state index >= 15 is 0 Å². The predicted molar refractivity (Wildman–Crippen MR) is 101 cm³/mol. The number of hydrogen-bond donors (Lipinski definition) is 1. The minimum Gasteiger partial charge on any atom is -0.461 e. The van der Waals surface area contributed by atoms with E-state index in [4.69, 9.17) is 4.74 Å². The minimum absolute atomic E-state index is 0.0855. The number of esters is 1. The lowest BCUT2D eigenvalue weighted by Gasteiger charge is -2.62. The molecular formula is C22H28N2O3. The molecule has 5 nitrogen and oxygen atoms in total. The van der Waals surface area contributed by atoms with E-state index in [0.29, 0.717) is 23.9 Å². The van der Waals surface area contributed by atoms with Crippen LogP contribution in [0.15, 0.2) is 24.3 Å². The maximum absolute atomic E-state index is 12.2. The van der Waals surface area contributed by atoms with E-state index in [-0.39, 0.29) is 35.7 Å². The first-order valence-corrected chi connectivity index (χ1v) is 10.5. The topological polar surface area (TPSA) is 53.0 Å². The lowest BCUT2D eigenvalue weighted by molar-refractivity contribution is -0.212. The maximum Gasteiger partial charge on any atom is 0.302 e. The van der Waals surface area contributed by atoms with E-state index in [0.717, 1.165) is 19.3 Å². The average molecular weight is 368 g/mol. The summed E-state index contributed by atoms with van der Waals surface area (Å²) >= 11 is 0. The summed E-state index contributed by atoms with van der Waals surface area (Å²) in [7, 11) is 2.19. The van der Waals surface area contributed by atoms with Crippen LogP contribution >= 0.6 is 0 Å². The number of fused-ring (bicyclic) bond motifs is 2. The number of rotatable bonds is 2. The van der Waals surface area contributed by atoms with Crippen LogP contribution in [0.1, 0.15) is 38.7 Å². The number of benzene rings is 1. The normalized spacial score (nSPS) is 50.7. The third-order valence-electron chi connectivity index (χ3n) is 8.72. The van der Waals surface area contributed by atoms with Gasteiger partial charge in [0.15, 0.2) is 0 Å². The van der Waals surface area contributed by atoms with Gasteiger partial charge < -0.3 is 14.7 Å². The molecule has 27 heavy (non-hydrogen) atoms. The Morgan fingerprint density at radius 2 is 2.11 bits per heavy atom. The molecule has 1 saturated carbocycles. The number of carbonyl (C=O) groups is 1. The highest BCUT2D eigenvalue weighted by Gasteiger charge is 2.77. The number of ether oxygens (including phenoxy) is 1. The number of likely N-dealkylation sites (N-methyl/N-ethyl adjacent to an activating group) is 1.